The quantitative estimate of drug-likeness (QED) is 0.630. The zero-order valence-electron chi connectivity index (χ0n) is 11.4. The van der Waals surface area contributed by atoms with E-state index in [1.165, 1.54) is 0 Å². The van der Waals surface area contributed by atoms with Crippen LogP contribution in [0.2, 0.25) is 0 Å². The molecule has 2 unspecified atom stereocenters. The van der Waals surface area contributed by atoms with Crippen LogP contribution in [-0.2, 0) is 9.53 Å². The Bertz CT molecular complexity index is 342. The summed E-state index contributed by atoms with van der Waals surface area (Å²) in [5.74, 6) is 0.264. The van der Waals surface area contributed by atoms with Gasteiger partial charge in [-0.15, -0.1) is 0 Å². The highest BCUT2D eigenvalue weighted by molar-refractivity contribution is 5.99. The van der Waals surface area contributed by atoms with Crippen LogP contribution >= 0.6 is 0 Å². The monoisotopic (exact) mass is 225 g/mol. The van der Waals surface area contributed by atoms with Crippen LogP contribution in [0.25, 0.3) is 0 Å². The summed E-state index contributed by atoms with van der Waals surface area (Å²) in [5.41, 5.74) is -1.08. The van der Waals surface area contributed by atoms with Crippen LogP contribution in [0.15, 0.2) is 0 Å². The van der Waals surface area contributed by atoms with Crippen molar-refractivity contribution in [2.45, 2.75) is 64.8 Å². The molecular formula is C13H23NO2. The molecule has 0 aromatic rings. The normalized spacial score (nSPS) is 43.1. The minimum absolute atomic E-state index is 0.00440. The molecule has 0 aromatic heterocycles. The molecular weight excluding hydrogens is 202 g/mol. The lowest BCUT2D eigenvalue weighted by Crippen LogP contribution is -2.65. The molecule has 2 aliphatic rings. The molecule has 3 nitrogen and oxygen atoms in total. The molecule has 0 amide bonds. The van der Waals surface area contributed by atoms with Crippen molar-refractivity contribution in [3.63, 3.8) is 0 Å². The minimum atomic E-state index is -0.668. The molecule has 2 bridgehead atoms. The highest BCUT2D eigenvalue weighted by Gasteiger charge is 2.74. The summed E-state index contributed by atoms with van der Waals surface area (Å²) in [7, 11) is 2.04. The Hall–Kier alpha value is -0.410. The second kappa shape index (κ2) is 2.88. The fourth-order valence-electron chi connectivity index (χ4n) is 3.82. The van der Waals surface area contributed by atoms with Crippen LogP contribution in [0.4, 0.5) is 0 Å². The summed E-state index contributed by atoms with van der Waals surface area (Å²) >= 11 is 0. The molecule has 0 aromatic carbocycles. The summed E-state index contributed by atoms with van der Waals surface area (Å²) in [5, 5.41) is 0. The van der Waals surface area contributed by atoms with E-state index in [1.54, 1.807) is 0 Å². The number of hydrogen-bond acceptors (Lipinski definition) is 3. The van der Waals surface area contributed by atoms with Crippen LogP contribution in [0, 0.1) is 5.41 Å². The molecule has 3 atom stereocenters. The highest BCUT2D eigenvalue weighted by Crippen LogP contribution is 2.56. The first kappa shape index (κ1) is 12.1. The third kappa shape index (κ3) is 0.992. The van der Waals surface area contributed by atoms with Crippen molar-refractivity contribution in [3.8, 4) is 0 Å². The lowest BCUT2D eigenvalue weighted by atomic mass is 9.66. The molecule has 0 N–H and O–H groups in total. The molecule has 0 radical (unpaired) electrons. The van der Waals surface area contributed by atoms with Gasteiger partial charge in [-0.05, 0) is 27.8 Å². The molecule has 92 valence electrons. The van der Waals surface area contributed by atoms with Crippen LogP contribution in [0.1, 0.15) is 41.5 Å². The fraction of sp³-hybridized carbons (Fsp3) is 0.923. The Morgan fingerprint density at radius 2 is 1.81 bits per heavy atom. The number of carbonyl (C=O) groups is 1. The Morgan fingerprint density at radius 3 is 2.12 bits per heavy atom. The first-order valence-electron chi connectivity index (χ1n) is 6.02. The lowest BCUT2D eigenvalue weighted by molar-refractivity contribution is -0.198. The predicted molar refractivity (Wildman–Crippen MR) is 63.4 cm³/mol. The molecule has 16 heavy (non-hydrogen) atoms. The average Bonchev–Trinajstić information content (AvgIpc) is 2.42. The van der Waals surface area contributed by atoms with Crippen LogP contribution < -0.4 is 0 Å². The molecule has 3 heteroatoms. The lowest BCUT2D eigenvalue weighted by Gasteiger charge is -2.52. The first-order valence-corrected chi connectivity index (χ1v) is 6.02. The summed E-state index contributed by atoms with van der Waals surface area (Å²) in [6, 6.07) is -0.0748. The molecule has 2 aliphatic heterocycles. The molecule has 0 aliphatic carbocycles. The van der Waals surface area contributed by atoms with Crippen LogP contribution in [0.3, 0.4) is 0 Å². The van der Waals surface area contributed by atoms with Gasteiger partial charge in [-0.2, -0.15) is 0 Å². The standard InChI is InChI=1S/C13H23NO2/c1-8-9-10(15)13(16-8,11(2,3)4)12(5,6)14(9)7/h8-9H,1-7H3/t8-,9?,13?/m0/s1. The average molecular weight is 225 g/mol. The predicted octanol–water partition coefficient (Wildman–Crippen LogP) is 1.85. The van der Waals surface area contributed by atoms with Crippen molar-refractivity contribution in [1.82, 2.24) is 4.90 Å². The van der Waals surface area contributed by atoms with E-state index in [2.05, 4.69) is 39.5 Å². The summed E-state index contributed by atoms with van der Waals surface area (Å²) < 4.78 is 6.12. The van der Waals surface area contributed by atoms with E-state index in [4.69, 9.17) is 4.74 Å². The van der Waals surface area contributed by atoms with Gasteiger partial charge in [-0.3, -0.25) is 9.69 Å². The van der Waals surface area contributed by atoms with Crippen molar-refractivity contribution < 1.29 is 9.53 Å². The molecule has 2 heterocycles. The van der Waals surface area contributed by atoms with E-state index >= 15 is 0 Å². The van der Waals surface area contributed by atoms with E-state index in [0.29, 0.717) is 0 Å². The largest absolute Gasteiger partial charge is 0.360 e. The zero-order valence-corrected chi connectivity index (χ0v) is 11.4. The fourth-order valence-corrected chi connectivity index (χ4v) is 3.82. The number of likely N-dealkylation sites (tertiary alicyclic amines) is 1. The number of morpholine rings is 1. The Balaban J connectivity index is 2.62. The van der Waals surface area contributed by atoms with E-state index in [1.807, 2.05) is 14.0 Å². The van der Waals surface area contributed by atoms with Gasteiger partial charge < -0.3 is 4.74 Å². The number of nitrogens with zero attached hydrogens (tertiary/aromatic N) is 1. The van der Waals surface area contributed by atoms with Crippen LogP contribution in [-0.4, -0.2) is 41.0 Å². The van der Waals surface area contributed by atoms with Gasteiger partial charge in [-0.1, -0.05) is 20.8 Å². The number of fused-ring (bicyclic) bond motifs is 2. The van der Waals surface area contributed by atoms with Crippen molar-refractivity contribution in [1.29, 1.82) is 0 Å². The number of likely N-dealkylation sites (N-methyl/N-ethyl adjacent to an activating group) is 1. The van der Waals surface area contributed by atoms with Crippen molar-refractivity contribution in [2.24, 2.45) is 5.41 Å². The number of hydrogen-bond donors (Lipinski definition) is 0. The number of Topliss-reactive ketones (excluding diaryl/α,β-unsaturated/α-hetero) is 1. The smallest absolute Gasteiger partial charge is 0.186 e. The van der Waals surface area contributed by atoms with Gasteiger partial charge in [0.05, 0.1) is 17.7 Å². The maximum absolute atomic E-state index is 12.6. The van der Waals surface area contributed by atoms with Crippen molar-refractivity contribution in [3.05, 3.63) is 0 Å². The second-order valence-electron chi connectivity index (χ2n) is 6.73. The van der Waals surface area contributed by atoms with Gasteiger partial charge in [-0.25, -0.2) is 0 Å². The molecule has 0 saturated carbocycles. The molecule has 0 spiro atoms. The second-order valence-corrected chi connectivity index (χ2v) is 6.73. The van der Waals surface area contributed by atoms with Gasteiger partial charge in [0, 0.05) is 5.41 Å². The van der Waals surface area contributed by atoms with E-state index < -0.39 is 5.60 Å². The number of ketones is 1. The van der Waals surface area contributed by atoms with Gasteiger partial charge in [0.25, 0.3) is 0 Å². The van der Waals surface area contributed by atoms with Crippen molar-refractivity contribution in [2.75, 3.05) is 7.05 Å². The van der Waals surface area contributed by atoms with Gasteiger partial charge >= 0.3 is 0 Å². The number of rotatable bonds is 0. The minimum Gasteiger partial charge on any atom is -0.360 e. The summed E-state index contributed by atoms with van der Waals surface area (Å²) in [6.45, 7) is 12.5. The van der Waals surface area contributed by atoms with E-state index in [0.717, 1.165) is 0 Å². The van der Waals surface area contributed by atoms with Gasteiger partial charge in [0.15, 0.2) is 11.4 Å². The zero-order chi connectivity index (χ0) is 12.5. The maximum Gasteiger partial charge on any atom is 0.186 e. The first-order chi connectivity index (χ1) is 7.07. The van der Waals surface area contributed by atoms with Crippen LogP contribution in [0.5, 0.6) is 0 Å². The number of carbonyl (C=O) groups excluding carboxylic acids is 1. The Labute approximate surface area is 98.1 Å². The Morgan fingerprint density at radius 1 is 1.31 bits per heavy atom. The van der Waals surface area contributed by atoms with Gasteiger partial charge in [0.2, 0.25) is 0 Å². The summed E-state index contributed by atoms with van der Waals surface area (Å²) in [4.78, 5) is 14.8. The maximum atomic E-state index is 12.6. The highest BCUT2D eigenvalue weighted by atomic mass is 16.5. The Kier molecular flexibility index (Phi) is 2.17. The molecule has 2 fully saturated rings. The number of ether oxygens (including phenoxy) is 1. The third-order valence-electron chi connectivity index (χ3n) is 4.64. The van der Waals surface area contributed by atoms with Crippen molar-refractivity contribution >= 4 is 5.78 Å². The molecule has 2 rings (SSSR count). The van der Waals surface area contributed by atoms with E-state index in [9.17, 15) is 4.79 Å². The van der Waals surface area contributed by atoms with E-state index in [-0.39, 0.29) is 28.9 Å². The molecule has 2 saturated heterocycles. The SMILES string of the molecule is C[C@@H]1OC2(C(C)(C)C)C(=O)C1N(C)C2(C)C. The summed E-state index contributed by atoms with van der Waals surface area (Å²) in [6.07, 6.45) is 0.00440. The van der Waals surface area contributed by atoms with Gasteiger partial charge in [0.1, 0.15) is 0 Å². The topological polar surface area (TPSA) is 29.5 Å². The third-order valence-corrected chi connectivity index (χ3v) is 4.64.